The molecule has 3 aliphatic heterocycles. The zero-order valence-corrected chi connectivity index (χ0v) is 14.9. The fraction of sp³-hybridized carbons (Fsp3) is 0.476. The van der Waals surface area contributed by atoms with Gasteiger partial charge in [-0.2, -0.15) is 0 Å². The molecule has 1 spiro atoms. The average molecular weight is 336 g/mol. The van der Waals surface area contributed by atoms with Gasteiger partial charge in [0.25, 0.3) is 0 Å². The number of esters is 1. The van der Waals surface area contributed by atoms with Gasteiger partial charge >= 0.3 is 5.97 Å². The lowest BCUT2D eigenvalue weighted by atomic mass is 9.78. The third-order valence-corrected chi connectivity index (χ3v) is 6.92. The van der Waals surface area contributed by atoms with E-state index in [1.807, 2.05) is 0 Å². The highest BCUT2D eigenvalue weighted by atomic mass is 16.5. The first-order valence-corrected chi connectivity index (χ1v) is 9.23. The fourth-order valence-corrected chi connectivity index (χ4v) is 5.60. The lowest BCUT2D eigenvalue weighted by molar-refractivity contribution is -0.145. The zero-order chi connectivity index (χ0) is 17.2. The topological polar surface area (TPSA) is 45.3 Å². The number of nitrogens with zero attached hydrogens (tertiary/aromatic N) is 1. The van der Waals surface area contributed by atoms with Crippen molar-refractivity contribution in [2.75, 3.05) is 26.7 Å². The van der Waals surface area contributed by atoms with Crippen molar-refractivity contribution in [3.63, 3.8) is 0 Å². The molecule has 2 fully saturated rings. The van der Waals surface area contributed by atoms with Crippen LogP contribution < -0.4 is 0 Å². The summed E-state index contributed by atoms with van der Waals surface area (Å²) < 4.78 is 5.36. The van der Waals surface area contributed by atoms with Gasteiger partial charge in [0, 0.05) is 35.1 Å². The highest BCUT2D eigenvalue weighted by molar-refractivity contribution is 5.94. The standard InChI is InChI=1S/C21H24N2O2/c1-3-14-12-23-10-8-16-15-6-4-5-7-17(15)22-18(16)21(19(24)25-2)13-20(14,21)9-11-23/h3-7,22H,8-13H2,1-2H3/b14-3-/t20?,21-/m0/s1. The molecule has 1 saturated heterocycles. The van der Waals surface area contributed by atoms with Gasteiger partial charge in [0.05, 0.1) is 7.11 Å². The predicted molar refractivity (Wildman–Crippen MR) is 97.6 cm³/mol. The van der Waals surface area contributed by atoms with E-state index in [4.69, 9.17) is 4.74 Å². The maximum absolute atomic E-state index is 13.1. The molecule has 25 heavy (non-hydrogen) atoms. The van der Waals surface area contributed by atoms with Crippen molar-refractivity contribution in [3.05, 3.63) is 47.2 Å². The number of piperidine rings is 1. The van der Waals surface area contributed by atoms with Gasteiger partial charge in [0.15, 0.2) is 0 Å². The number of aromatic nitrogens is 1. The summed E-state index contributed by atoms with van der Waals surface area (Å²) in [4.78, 5) is 19.3. The molecule has 6 rings (SSSR count). The second kappa shape index (κ2) is 4.98. The van der Waals surface area contributed by atoms with Gasteiger partial charge in [-0.05, 0) is 44.4 Å². The van der Waals surface area contributed by atoms with Crippen LogP contribution in [0.2, 0.25) is 0 Å². The highest BCUT2D eigenvalue weighted by Crippen LogP contribution is 2.72. The number of carbonyl (C=O) groups is 1. The van der Waals surface area contributed by atoms with Crippen molar-refractivity contribution in [3.8, 4) is 0 Å². The van der Waals surface area contributed by atoms with Crippen LogP contribution in [0.25, 0.3) is 10.9 Å². The van der Waals surface area contributed by atoms with E-state index in [2.05, 4.69) is 47.1 Å². The average Bonchev–Trinajstić information content (AvgIpc) is 3.14. The molecule has 2 unspecified atom stereocenters. The molecule has 1 saturated carbocycles. The zero-order valence-electron chi connectivity index (χ0n) is 14.9. The molecule has 0 radical (unpaired) electrons. The lowest BCUT2D eigenvalue weighted by Gasteiger charge is -2.36. The normalized spacial score (nSPS) is 34.8. The van der Waals surface area contributed by atoms with Crippen LogP contribution in [-0.4, -0.2) is 42.6 Å². The van der Waals surface area contributed by atoms with Gasteiger partial charge in [-0.3, -0.25) is 9.69 Å². The molecule has 4 aliphatic rings. The summed E-state index contributed by atoms with van der Waals surface area (Å²) in [5.74, 6) is -0.0741. The molecule has 4 heterocycles. The van der Waals surface area contributed by atoms with E-state index in [0.29, 0.717) is 0 Å². The maximum Gasteiger partial charge on any atom is 0.318 e. The first-order valence-electron chi connectivity index (χ1n) is 9.23. The van der Waals surface area contributed by atoms with Crippen LogP contribution in [0.1, 0.15) is 31.0 Å². The molecule has 0 amide bonds. The number of para-hydroxylation sites is 1. The summed E-state index contributed by atoms with van der Waals surface area (Å²) in [5, 5.41) is 1.26. The van der Waals surface area contributed by atoms with Crippen LogP contribution in [0.5, 0.6) is 0 Å². The minimum Gasteiger partial charge on any atom is -0.468 e. The van der Waals surface area contributed by atoms with Gasteiger partial charge in [-0.25, -0.2) is 0 Å². The van der Waals surface area contributed by atoms with Crippen LogP contribution in [0.4, 0.5) is 0 Å². The Balaban J connectivity index is 1.82. The predicted octanol–water partition coefficient (Wildman–Crippen LogP) is 3.18. The summed E-state index contributed by atoms with van der Waals surface area (Å²) in [7, 11) is 1.53. The molecular formula is C21H24N2O2. The van der Waals surface area contributed by atoms with Crippen molar-refractivity contribution >= 4 is 16.9 Å². The Bertz CT molecular complexity index is 912. The minimum absolute atomic E-state index is 0.0642. The van der Waals surface area contributed by atoms with E-state index in [1.165, 1.54) is 23.6 Å². The fourth-order valence-electron chi connectivity index (χ4n) is 5.60. The molecule has 130 valence electrons. The van der Waals surface area contributed by atoms with Crippen LogP contribution >= 0.6 is 0 Å². The number of fused-ring (bicyclic) bond motifs is 4. The quantitative estimate of drug-likeness (QED) is 0.643. The van der Waals surface area contributed by atoms with E-state index in [9.17, 15) is 4.79 Å². The third kappa shape index (κ3) is 1.73. The van der Waals surface area contributed by atoms with Gasteiger partial charge < -0.3 is 9.72 Å². The monoisotopic (exact) mass is 336 g/mol. The molecule has 1 aromatic heterocycles. The molecule has 3 atom stereocenters. The first kappa shape index (κ1) is 15.2. The second-order valence-electron chi connectivity index (χ2n) is 7.77. The molecular weight excluding hydrogens is 312 g/mol. The summed E-state index contributed by atoms with van der Waals surface area (Å²) in [5.41, 5.74) is 4.37. The molecule has 4 heteroatoms. The number of carbonyl (C=O) groups excluding carboxylic acids is 1. The molecule has 2 aromatic rings. The minimum atomic E-state index is -0.533. The molecule has 1 N–H and O–H groups in total. The smallest absolute Gasteiger partial charge is 0.318 e. The van der Waals surface area contributed by atoms with Crippen molar-refractivity contribution in [2.45, 2.75) is 31.6 Å². The van der Waals surface area contributed by atoms with E-state index in [-0.39, 0.29) is 11.4 Å². The number of ether oxygens (including phenoxy) is 1. The van der Waals surface area contributed by atoms with E-state index >= 15 is 0 Å². The summed E-state index contributed by atoms with van der Waals surface area (Å²) in [6, 6.07) is 8.43. The van der Waals surface area contributed by atoms with Crippen molar-refractivity contribution in [2.24, 2.45) is 5.41 Å². The number of nitrogens with one attached hydrogen (secondary N) is 1. The van der Waals surface area contributed by atoms with E-state index < -0.39 is 5.41 Å². The Hall–Kier alpha value is -2.07. The number of aromatic amines is 1. The van der Waals surface area contributed by atoms with Gasteiger partial charge in [0.1, 0.15) is 5.41 Å². The summed E-state index contributed by atoms with van der Waals surface area (Å²) >= 11 is 0. The Kier molecular flexibility index (Phi) is 3.03. The molecule has 4 nitrogen and oxygen atoms in total. The van der Waals surface area contributed by atoms with Crippen molar-refractivity contribution in [1.29, 1.82) is 0 Å². The van der Waals surface area contributed by atoms with Crippen LogP contribution in [-0.2, 0) is 21.4 Å². The first-order chi connectivity index (χ1) is 12.2. The van der Waals surface area contributed by atoms with Crippen molar-refractivity contribution in [1.82, 2.24) is 9.88 Å². The molecule has 1 aliphatic carbocycles. The lowest BCUT2D eigenvalue weighted by Crippen LogP contribution is -2.41. The largest absolute Gasteiger partial charge is 0.468 e. The highest BCUT2D eigenvalue weighted by Gasteiger charge is 2.76. The van der Waals surface area contributed by atoms with Gasteiger partial charge in [-0.1, -0.05) is 29.8 Å². The number of H-pyrrole nitrogens is 1. The van der Waals surface area contributed by atoms with Crippen LogP contribution in [0, 0.1) is 5.41 Å². The summed E-state index contributed by atoms with van der Waals surface area (Å²) in [6.07, 6.45) is 5.13. The maximum atomic E-state index is 13.1. The SMILES string of the molecule is C/C=C1/CN2CCc3c([nH]c4ccccc34)[C@]3(C(=O)OC)CC13CC2. The number of benzene rings is 1. The van der Waals surface area contributed by atoms with Crippen LogP contribution in [0.15, 0.2) is 35.9 Å². The number of hydrogen-bond acceptors (Lipinski definition) is 3. The van der Waals surface area contributed by atoms with Gasteiger partial charge in [-0.15, -0.1) is 0 Å². The third-order valence-electron chi connectivity index (χ3n) is 6.92. The second-order valence-corrected chi connectivity index (χ2v) is 7.77. The Morgan fingerprint density at radius 1 is 1.32 bits per heavy atom. The molecule has 2 bridgehead atoms. The number of hydrogen-bond donors (Lipinski definition) is 1. The van der Waals surface area contributed by atoms with Crippen molar-refractivity contribution < 1.29 is 9.53 Å². The number of methoxy groups -OCH3 is 1. The molecule has 1 aromatic carbocycles. The van der Waals surface area contributed by atoms with Crippen LogP contribution in [0.3, 0.4) is 0 Å². The summed E-state index contributed by atoms with van der Waals surface area (Å²) in [6.45, 7) is 5.21. The Labute approximate surface area is 147 Å². The number of rotatable bonds is 1. The Morgan fingerprint density at radius 2 is 2.16 bits per heavy atom. The van der Waals surface area contributed by atoms with Gasteiger partial charge in [0.2, 0.25) is 0 Å². The van der Waals surface area contributed by atoms with E-state index in [0.717, 1.165) is 50.1 Å². The Morgan fingerprint density at radius 3 is 2.96 bits per heavy atom. The number of allylic oxidation sites excluding steroid dienone is 1. The van der Waals surface area contributed by atoms with E-state index in [1.54, 1.807) is 0 Å².